The van der Waals surface area contributed by atoms with Crippen molar-refractivity contribution in [3.05, 3.63) is 68.7 Å². The highest BCUT2D eigenvalue weighted by Crippen LogP contribution is 2.32. The minimum Gasteiger partial charge on any atom is -0.349 e. The molecule has 0 heterocycles. The maximum atomic E-state index is 14.2. The number of carbonyl (C=O) groups is 1. The lowest BCUT2D eigenvalue weighted by Gasteiger charge is -2.15. The molecule has 0 aliphatic rings. The first-order chi connectivity index (χ1) is 11.2. The molecule has 0 fully saturated rings. The van der Waals surface area contributed by atoms with E-state index >= 15 is 0 Å². The standard InChI is InChI=1S/C16H11BrClF4NO/c17-9-5-6-11(13(18)7-9)14(19)8-23-15(24)10-3-1-2-4-12(10)16(20,21)22/h1-7,14H,8H2,(H,23,24). The highest BCUT2D eigenvalue weighted by Gasteiger charge is 2.34. The van der Waals surface area contributed by atoms with Gasteiger partial charge in [0.25, 0.3) is 5.91 Å². The molecule has 1 atom stereocenters. The monoisotopic (exact) mass is 423 g/mol. The Morgan fingerprint density at radius 1 is 1.21 bits per heavy atom. The van der Waals surface area contributed by atoms with E-state index in [1.165, 1.54) is 24.3 Å². The van der Waals surface area contributed by atoms with Gasteiger partial charge in [0.2, 0.25) is 0 Å². The van der Waals surface area contributed by atoms with E-state index in [0.29, 0.717) is 4.47 Å². The Hall–Kier alpha value is -1.60. The quantitative estimate of drug-likeness (QED) is 0.640. The van der Waals surface area contributed by atoms with E-state index in [9.17, 15) is 22.4 Å². The number of hydrogen-bond acceptors (Lipinski definition) is 1. The van der Waals surface area contributed by atoms with Gasteiger partial charge in [-0.05, 0) is 24.3 Å². The first-order valence-electron chi connectivity index (χ1n) is 6.73. The van der Waals surface area contributed by atoms with Gasteiger partial charge in [0.1, 0.15) is 6.17 Å². The van der Waals surface area contributed by atoms with Crippen LogP contribution in [0.3, 0.4) is 0 Å². The fraction of sp³-hybridized carbons (Fsp3) is 0.188. The molecule has 0 aromatic heterocycles. The van der Waals surface area contributed by atoms with E-state index < -0.39 is 35.9 Å². The SMILES string of the molecule is O=C(NCC(F)c1ccc(Br)cc1Cl)c1ccccc1C(F)(F)F. The molecule has 0 bridgehead atoms. The number of carbonyl (C=O) groups excluding carboxylic acids is 1. The van der Waals surface area contributed by atoms with Crippen molar-refractivity contribution < 1.29 is 22.4 Å². The molecule has 0 saturated carbocycles. The fourth-order valence-corrected chi connectivity index (χ4v) is 2.86. The van der Waals surface area contributed by atoms with Crippen molar-refractivity contribution in [1.29, 1.82) is 0 Å². The lowest BCUT2D eigenvalue weighted by atomic mass is 10.1. The zero-order valence-corrected chi connectivity index (χ0v) is 14.3. The minimum absolute atomic E-state index is 0.143. The third-order valence-electron chi connectivity index (χ3n) is 3.22. The molecule has 128 valence electrons. The second-order valence-electron chi connectivity index (χ2n) is 4.89. The Labute approximate surface area is 148 Å². The topological polar surface area (TPSA) is 29.1 Å². The van der Waals surface area contributed by atoms with Crippen molar-refractivity contribution in [3.8, 4) is 0 Å². The van der Waals surface area contributed by atoms with E-state index in [1.807, 2.05) is 0 Å². The van der Waals surface area contributed by atoms with Crippen LogP contribution in [0.1, 0.15) is 27.7 Å². The molecule has 0 saturated heterocycles. The third kappa shape index (κ3) is 4.48. The lowest BCUT2D eigenvalue weighted by Crippen LogP contribution is -2.29. The number of nitrogens with one attached hydrogen (secondary N) is 1. The van der Waals surface area contributed by atoms with Crippen LogP contribution in [-0.4, -0.2) is 12.5 Å². The Kier molecular flexibility index (Phi) is 5.87. The zero-order valence-electron chi connectivity index (χ0n) is 12.0. The van der Waals surface area contributed by atoms with Crippen LogP contribution in [0.25, 0.3) is 0 Å². The van der Waals surface area contributed by atoms with Crippen LogP contribution in [0.4, 0.5) is 17.6 Å². The maximum absolute atomic E-state index is 14.2. The van der Waals surface area contributed by atoms with Gasteiger partial charge in [-0.15, -0.1) is 0 Å². The first kappa shape index (κ1) is 18.7. The highest BCUT2D eigenvalue weighted by molar-refractivity contribution is 9.10. The summed E-state index contributed by atoms with van der Waals surface area (Å²) < 4.78 is 53.5. The summed E-state index contributed by atoms with van der Waals surface area (Å²) >= 11 is 9.09. The summed E-state index contributed by atoms with van der Waals surface area (Å²) in [6, 6.07) is 8.83. The predicted octanol–water partition coefficient (Wildman–Crippen LogP) is 5.56. The van der Waals surface area contributed by atoms with Gasteiger partial charge in [-0.3, -0.25) is 4.79 Å². The molecule has 0 aliphatic heterocycles. The van der Waals surface area contributed by atoms with Crippen molar-refractivity contribution in [3.63, 3.8) is 0 Å². The summed E-state index contributed by atoms with van der Waals surface area (Å²) in [7, 11) is 0. The van der Waals surface area contributed by atoms with Gasteiger partial charge in [0.15, 0.2) is 0 Å². The van der Waals surface area contributed by atoms with Gasteiger partial charge in [-0.1, -0.05) is 45.7 Å². The second kappa shape index (κ2) is 7.53. The molecule has 2 aromatic carbocycles. The van der Waals surface area contributed by atoms with Crippen LogP contribution in [0.2, 0.25) is 5.02 Å². The average molecular weight is 425 g/mol. The number of benzene rings is 2. The van der Waals surface area contributed by atoms with Crippen LogP contribution in [0.15, 0.2) is 46.9 Å². The van der Waals surface area contributed by atoms with Crippen LogP contribution in [0, 0.1) is 0 Å². The van der Waals surface area contributed by atoms with Gasteiger partial charge in [0.05, 0.1) is 17.7 Å². The number of amides is 1. The van der Waals surface area contributed by atoms with Gasteiger partial charge < -0.3 is 5.32 Å². The van der Waals surface area contributed by atoms with Crippen LogP contribution in [-0.2, 0) is 6.18 Å². The smallest absolute Gasteiger partial charge is 0.349 e. The normalized spacial score (nSPS) is 12.8. The molecule has 24 heavy (non-hydrogen) atoms. The van der Waals surface area contributed by atoms with E-state index in [-0.39, 0.29) is 10.6 Å². The minimum atomic E-state index is -4.67. The molecule has 1 unspecified atom stereocenters. The second-order valence-corrected chi connectivity index (χ2v) is 6.21. The molecule has 1 N–H and O–H groups in total. The van der Waals surface area contributed by atoms with Gasteiger partial charge >= 0.3 is 6.18 Å². The maximum Gasteiger partial charge on any atom is 0.417 e. The van der Waals surface area contributed by atoms with Crippen LogP contribution >= 0.6 is 27.5 Å². The van der Waals surface area contributed by atoms with Crippen molar-refractivity contribution in [2.75, 3.05) is 6.54 Å². The summed E-state index contributed by atoms with van der Waals surface area (Å²) in [6.07, 6.45) is -6.31. The van der Waals surface area contributed by atoms with Crippen molar-refractivity contribution in [1.82, 2.24) is 5.32 Å². The third-order valence-corrected chi connectivity index (χ3v) is 4.04. The number of alkyl halides is 4. The highest BCUT2D eigenvalue weighted by atomic mass is 79.9. The largest absolute Gasteiger partial charge is 0.417 e. The Bertz CT molecular complexity index is 751. The molecule has 2 aromatic rings. The summed E-state index contributed by atoms with van der Waals surface area (Å²) in [5, 5.41) is 2.32. The van der Waals surface area contributed by atoms with Crippen molar-refractivity contribution >= 4 is 33.4 Å². The van der Waals surface area contributed by atoms with Crippen LogP contribution in [0.5, 0.6) is 0 Å². The number of halogens is 6. The lowest BCUT2D eigenvalue weighted by molar-refractivity contribution is -0.137. The number of rotatable bonds is 4. The van der Waals surface area contributed by atoms with Gasteiger partial charge in [-0.25, -0.2) is 4.39 Å². The van der Waals surface area contributed by atoms with Gasteiger partial charge in [0, 0.05) is 15.1 Å². The molecular weight excluding hydrogens is 414 g/mol. The summed E-state index contributed by atoms with van der Waals surface area (Å²) in [5.41, 5.74) is -1.48. The Balaban J connectivity index is 2.11. The Morgan fingerprint density at radius 3 is 2.50 bits per heavy atom. The summed E-state index contributed by atoms with van der Waals surface area (Å²) in [5.74, 6) is -1.00. The predicted molar refractivity (Wildman–Crippen MR) is 86.8 cm³/mol. The van der Waals surface area contributed by atoms with Crippen LogP contribution < -0.4 is 5.32 Å². The van der Waals surface area contributed by atoms with E-state index in [1.54, 1.807) is 6.07 Å². The molecule has 0 radical (unpaired) electrons. The Morgan fingerprint density at radius 2 is 1.88 bits per heavy atom. The molecule has 2 nitrogen and oxygen atoms in total. The molecule has 8 heteroatoms. The van der Waals surface area contributed by atoms with E-state index in [2.05, 4.69) is 21.2 Å². The van der Waals surface area contributed by atoms with E-state index in [0.717, 1.165) is 12.1 Å². The van der Waals surface area contributed by atoms with E-state index in [4.69, 9.17) is 11.6 Å². The first-order valence-corrected chi connectivity index (χ1v) is 7.90. The average Bonchev–Trinajstić information content (AvgIpc) is 2.51. The van der Waals surface area contributed by atoms with Crippen molar-refractivity contribution in [2.24, 2.45) is 0 Å². The summed E-state index contributed by atoms with van der Waals surface area (Å²) in [6.45, 7) is -0.494. The molecule has 0 aliphatic carbocycles. The molecular formula is C16H11BrClF4NO. The zero-order chi connectivity index (χ0) is 17.9. The molecule has 2 rings (SSSR count). The van der Waals surface area contributed by atoms with Crippen molar-refractivity contribution in [2.45, 2.75) is 12.3 Å². The number of hydrogen-bond donors (Lipinski definition) is 1. The fourth-order valence-electron chi connectivity index (χ4n) is 2.07. The van der Waals surface area contributed by atoms with Gasteiger partial charge in [-0.2, -0.15) is 13.2 Å². The summed E-state index contributed by atoms with van der Waals surface area (Å²) in [4.78, 5) is 12.0. The molecule has 1 amide bonds. The molecule has 0 spiro atoms.